The molecule has 19 heavy (non-hydrogen) atoms. The molecule has 2 atom stereocenters. The minimum atomic E-state index is -0.205. The summed E-state index contributed by atoms with van der Waals surface area (Å²) in [6.45, 7) is 6.95. The largest absolute Gasteiger partial charge is 0.465 e. The van der Waals surface area contributed by atoms with E-state index in [1.807, 2.05) is 20.8 Å². The summed E-state index contributed by atoms with van der Waals surface area (Å²) >= 11 is 0. The van der Waals surface area contributed by atoms with Crippen LogP contribution in [0.15, 0.2) is 4.42 Å². The van der Waals surface area contributed by atoms with Crippen LogP contribution in [0.2, 0.25) is 0 Å². The Hall–Kier alpha value is -1.43. The van der Waals surface area contributed by atoms with Crippen LogP contribution in [0, 0.1) is 0 Å². The van der Waals surface area contributed by atoms with Gasteiger partial charge in [0, 0.05) is 18.4 Å². The molecule has 1 aliphatic rings. The monoisotopic (exact) mass is 267 g/mol. The highest BCUT2D eigenvalue weighted by molar-refractivity contribution is 5.75. The van der Waals surface area contributed by atoms with Gasteiger partial charge in [-0.05, 0) is 19.8 Å². The Bertz CT molecular complexity index is 423. The van der Waals surface area contributed by atoms with Crippen molar-refractivity contribution in [3.05, 3.63) is 11.8 Å². The number of aromatic nitrogens is 2. The van der Waals surface area contributed by atoms with Gasteiger partial charge in [-0.2, -0.15) is 0 Å². The summed E-state index contributed by atoms with van der Waals surface area (Å²) in [7, 11) is 0. The third kappa shape index (κ3) is 3.32. The third-order valence-corrected chi connectivity index (χ3v) is 3.28. The van der Waals surface area contributed by atoms with Gasteiger partial charge in [-0.25, -0.2) is 0 Å². The van der Waals surface area contributed by atoms with E-state index in [0.29, 0.717) is 24.9 Å². The molecule has 0 spiro atoms. The van der Waals surface area contributed by atoms with Crippen molar-refractivity contribution >= 4 is 5.97 Å². The van der Waals surface area contributed by atoms with E-state index in [9.17, 15) is 4.79 Å². The zero-order valence-electron chi connectivity index (χ0n) is 11.7. The Kier molecular flexibility index (Phi) is 4.52. The molecule has 2 rings (SSSR count). The molecule has 0 amide bonds. The standard InChI is InChI=1S/C13H21N3O3/c1-4-18-13(17)10-6-5-9(7-14-10)12-16-15-11(19-12)8(2)3/h8-10,14H,4-7H2,1-3H3/t9-,10-/m0/s1. The summed E-state index contributed by atoms with van der Waals surface area (Å²) in [5.74, 6) is 1.59. The fourth-order valence-electron chi connectivity index (χ4n) is 2.16. The topological polar surface area (TPSA) is 77.2 Å². The van der Waals surface area contributed by atoms with Crippen molar-refractivity contribution in [2.45, 2.75) is 51.5 Å². The highest BCUT2D eigenvalue weighted by Crippen LogP contribution is 2.26. The molecule has 1 N–H and O–H groups in total. The Morgan fingerprint density at radius 2 is 2.26 bits per heavy atom. The average molecular weight is 267 g/mol. The Balaban J connectivity index is 1.90. The first-order valence-corrected chi connectivity index (χ1v) is 6.85. The van der Waals surface area contributed by atoms with Gasteiger partial charge in [0.15, 0.2) is 0 Å². The SMILES string of the molecule is CCOC(=O)[C@@H]1CC[C@H](c2nnc(C(C)C)o2)CN1. The molecular formula is C13H21N3O3. The van der Waals surface area contributed by atoms with Gasteiger partial charge in [0.25, 0.3) is 0 Å². The van der Waals surface area contributed by atoms with Crippen LogP contribution in [0.4, 0.5) is 0 Å². The van der Waals surface area contributed by atoms with E-state index in [2.05, 4.69) is 15.5 Å². The van der Waals surface area contributed by atoms with Crippen LogP contribution in [-0.2, 0) is 9.53 Å². The van der Waals surface area contributed by atoms with E-state index in [1.54, 1.807) is 0 Å². The molecule has 0 bridgehead atoms. The number of hydrogen-bond acceptors (Lipinski definition) is 6. The Labute approximate surface area is 112 Å². The Morgan fingerprint density at radius 3 is 2.79 bits per heavy atom. The van der Waals surface area contributed by atoms with Crippen LogP contribution in [0.5, 0.6) is 0 Å². The molecule has 1 fully saturated rings. The van der Waals surface area contributed by atoms with E-state index in [4.69, 9.17) is 9.15 Å². The van der Waals surface area contributed by atoms with Crippen LogP contribution in [-0.4, -0.2) is 35.4 Å². The number of ether oxygens (including phenoxy) is 1. The maximum absolute atomic E-state index is 11.6. The molecule has 106 valence electrons. The van der Waals surface area contributed by atoms with Gasteiger partial charge in [0.1, 0.15) is 6.04 Å². The number of piperidine rings is 1. The predicted octanol–water partition coefficient (Wildman–Crippen LogP) is 1.59. The van der Waals surface area contributed by atoms with E-state index in [-0.39, 0.29) is 23.8 Å². The van der Waals surface area contributed by atoms with Crippen molar-refractivity contribution in [2.24, 2.45) is 0 Å². The smallest absolute Gasteiger partial charge is 0.323 e. The van der Waals surface area contributed by atoms with Crippen LogP contribution < -0.4 is 5.32 Å². The number of nitrogens with zero attached hydrogens (tertiary/aromatic N) is 2. The van der Waals surface area contributed by atoms with Gasteiger partial charge in [-0.1, -0.05) is 13.8 Å². The lowest BCUT2D eigenvalue weighted by atomic mass is 9.95. The molecule has 1 saturated heterocycles. The first kappa shape index (κ1) is 14.0. The van der Waals surface area contributed by atoms with Crippen LogP contribution in [0.25, 0.3) is 0 Å². The fourth-order valence-corrected chi connectivity index (χ4v) is 2.16. The number of carbonyl (C=O) groups is 1. The molecule has 0 aliphatic carbocycles. The molecule has 1 aromatic heterocycles. The van der Waals surface area contributed by atoms with Crippen molar-refractivity contribution in [2.75, 3.05) is 13.2 Å². The molecule has 0 unspecified atom stereocenters. The normalized spacial score (nSPS) is 23.6. The summed E-state index contributed by atoms with van der Waals surface area (Å²) in [5, 5.41) is 11.3. The van der Waals surface area contributed by atoms with E-state index in [0.717, 1.165) is 12.8 Å². The lowest BCUT2D eigenvalue weighted by Crippen LogP contribution is -2.44. The van der Waals surface area contributed by atoms with Crippen LogP contribution in [0.3, 0.4) is 0 Å². The fraction of sp³-hybridized carbons (Fsp3) is 0.769. The van der Waals surface area contributed by atoms with Gasteiger partial charge >= 0.3 is 5.97 Å². The average Bonchev–Trinajstić information content (AvgIpc) is 2.89. The summed E-state index contributed by atoms with van der Waals surface area (Å²) in [6, 6.07) is -0.205. The quantitative estimate of drug-likeness (QED) is 0.835. The van der Waals surface area contributed by atoms with E-state index < -0.39 is 0 Å². The highest BCUT2D eigenvalue weighted by atomic mass is 16.5. The van der Waals surface area contributed by atoms with Crippen LogP contribution in [0.1, 0.15) is 57.2 Å². The maximum Gasteiger partial charge on any atom is 0.323 e. The number of rotatable bonds is 4. The number of esters is 1. The molecule has 0 saturated carbocycles. The van der Waals surface area contributed by atoms with Crippen molar-refractivity contribution in [3.63, 3.8) is 0 Å². The van der Waals surface area contributed by atoms with Gasteiger partial charge in [-0.3, -0.25) is 4.79 Å². The zero-order valence-corrected chi connectivity index (χ0v) is 11.7. The van der Waals surface area contributed by atoms with Gasteiger partial charge in [-0.15, -0.1) is 10.2 Å². The molecule has 6 nitrogen and oxygen atoms in total. The lowest BCUT2D eigenvalue weighted by molar-refractivity contribution is -0.146. The van der Waals surface area contributed by atoms with Crippen molar-refractivity contribution in [1.29, 1.82) is 0 Å². The second-order valence-corrected chi connectivity index (χ2v) is 5.12. The minimum absolute atomic E-state index is 0.172. The molecule has 0 radical (unpaired) electrons. The number of nitrogens with one attached hydrogen (secondary N) is 1. The minimum Gasteiger partial charge on any atom is -0.465 e. The van der Waals surface area contributed by atoms with Crippen molar-refractivity contribution in [1.82, 2.24) is 15.5 Å². The third-order valence-electron chi connectivity index (χ3n) is 3.28. The number of hydrogen-bond donors (Lipinski definition) is 1. The summed E-state index contributed by atoms with van der Waals surface area (Å²) in [4.78, 5) is 11.6. The van der Waals surface area contributed by atoms with Gasteiger partial charge < -0.3 is 14.5 Å². The molecule has 0 aromatic carbocycles. The van der Waals surface area contributed by atoms with Gasteiger partial charge in [0.05, 0.1) is 6.61 Å². The molecule has 6 heteroatoms. The van der Waals surface area contributed by atoms with Crippen molar-refractivity contribution in [3.8, 4) is 0 Å². The second kappa shape index (κ2) is 6.14. The summed E-state index contributed by atoms with van der Waals surface area (Å²) < 4.78 is 10.7. The highest BCUT2D eigenvalue weighted by Gasteiger charge is 2.30. The molecule has 1 aliphatic heterocycles. The second-order valence-electron chi connectivity index (χ2n) is 5.12. The summed E-state index contributed by atoms with van der Waals surface area (Å²) in [6.07, 6.45) is 1.60. The molecule has 1 aromatic rings. The Morgan fingerprint density at radius 1 is 1.47 bits per heavy atom. The zero-order chi connectivity index (χ0) is 13.8. The lowest BCUT2D eigenvalue weighted by Gasteiger charge is -2.26. The maximum atomic E-state index is 11.6. The first-order chi connectivity index (χ1) is 9.11. The number of carbonyl (C=O) groups excluding carboxylic acids is 1. The first-order valence-electron chi connectivity index (χ1n) is 6.85. The van der Waals surface area contributed by atoms with E-state index >= 15 is 0 Å². The summed E-state index contributed by atoms with van der Waals surface area (Å²) in [5.41, 5.74) is 0. The predicted molar refractivity (Wildman–Crippen MR) is 68.8 cm³/mol. The van der Waals surface area contributed by atoms with Gasteiger partial charge in [0.2, 0.25) is 11.8 Å². The molecular weight excluding hydrogens is 246 g/mol. The van der Waals surface area contributed by atoms with E-state index in [1.165, 1.54) is 0 Å². The molecule has 2 heterocycles. The van der Waals surface area contributed by atoms with Crippen molar-refractivity contribution < 1.29 is 13.9 Å². The van der Waals surface area contributed by atoms with Crippen LogP contribution >= 0.6 is 0 Å².